The Labute approximate surface area is 126 Å². The van der Waals surface area contributed by atoms with E-state index in [1.807, 2.05) is 0 Å². The zero-order valence-corrected chi connectivity index (χ0v) is 11.8. The molecule has 2 nitrogen and oxygen atoms in total. The summed E-state index contributed by atoms with van der Waals surface area (Å²) >= 11 is 6.01. The van der Waals surface area contributed by atoms with Gasteiger partial charge in [0.05, 0.1) is 5.92 Å². The first-order valence-electron chi connectivity index (χ1n) is 6.37. The van der Waals surface area contributed by atoms with E-state index in [4.69, 9.17) is 11.6 Å². The van der Waals surface area contributed by atoms with Crippen LogP contribution in [0.15, 0.2) is 42.5 Å². The normalized spacial score (nSPS) is 12.1. The number of aliphatic carboxylic acids is 1. The van der Waals surface area contributed by atoms with Crippen molar-refractivity contribution in [1.29, 1.82) is 0 Å². The summed E-state index contributed by atoms with van der Waals surface area (Å²) in [7, 11) is 0. The van der Waals surface area contributed by atoms with Gasteiger partial charge in [-0.2, -0.15) is 0 Å². The Kier molecular flexibility index (Phi) is 4.91. The minimum atomic E-state index is -1.04. The fourth-order valence-corrected chi connectivity index (χ4v) is 2.34. The third-order valence-electron chi connectivity index (χ3n) is 3.25. The zero-order valence-electron chi connectivity index (χ0n) is 11.0. The largest absolute Gasteiger partial charge is 0.481 e. The van der Waals surface area contributed by atoms with Crippen molar-refractivity contribution < 1.29 is 18.7 Å². The summed E-state index contributed by atoms with van der Waals surface area (Å²) in [5.74, 6) is -3.29. The van der Waals surface area contributed by atoms with Crippen LogP contribution in [0.1, 0.15) is 11.1 Å². The summed E-state index contributed by atoms with van der Waals surface area (Å²) in [6, 6.07) is 10.1. The number of carbonyl (C=O) groups is 1. The summed E-state index contributed by atoms with van der Waals surface area (Å²) in [6.45, 7) is 0. The Morgan fingerprint density at radius 3 is 2.38 bits per heavy atom. The van der Waals surface area contributed by atoms with E-state index >= 15 is 0 Å². The molecule has 110 valence electrons. The van der Waals surface area contributed by atoms with Crippen molar-refractivity contribution in [2.75, 3.05) is 0 Å². The maximum atomic E-state index is 13.6. The number of carboxylic acid groups (broad SMARTS) is 1. The molecule has 0 aliphatic heterocycles. The molecule has 0 saturated carbocycles. The smallest absolute Gasteiger partial charge is 0.307 e. The Morgan fingerprint density at radius 2 is 1.76 bits per heavy atom. The lowest BCUT2D eigenvalue weighted by Gasteiger charge is -2.14. The monoisotopic (exact) mass is 310 g/mol. The highest BCUT2D eigenvalue weighted by molar-refractivity contribution is 6.31. The second kappa shape index (κ2) is 6.68. The average Bonchev–Trinajstić information content (AvgIpc) is 2.42. The van der Waals surface area contributed by atoms with Gasteiger partial charge in [0.2, 0.25) is 0 Å². The first-order chi connectivity index (χ1) is 9.97. The first-order valence-corrected chi connectivity index (χ1v) is 6.75. The minimum Gasteiger partial charge on any atom is -0.481 e. The van der Waals surface area contributed by atoms with Crippen LogP contribution in [-0.2, 0) is 17.6 Å². The molecule has 0 aliphatic carbocycles. The SMILES string of the molecule is O=C(O)C(Cc1ccc(F)cc1F)Cc1ccccc1Cl. The van der Waals surface area contributed by atoms with Gasteiger partial charge in [0.1, 0.15) is 11.6 Å². The van der Waals surface area contributed by atoms with E-state index < -0.39 is 23.5 Å². The maximum Gasteiger partial charge on any atom is 0.307 e. The molecule has 0 aromatic heterocycles. The summed E-state index contributed by atoms with van der Waals surface area (Å²) in [4.78, 5) is 11.4. The molecule has 0 spiro atoms. The van der Waals surface area contributed by atoms with E-state index in [0.717, 1.165) is 12.1 Å². The molecule has 2 rings (SSSR count). The molecule has 0 radical (unpaired) electrons. The molecule has 0 bridgehead atoms. The van der Waals surface area contributed by atoms with Gasteiger partial charge < -0.3 is 5.11 Å². The highest BCUT2D eigenvalue weighted by Crippen LogP contribution is 2.22. The van der Waals surface area contributed by atoms with Gasteiger partial charge in [0.15, 0.2) is 0 Å². The first kappa shape index (κ1) is 15.4. The maximum absolute atomic E-state index is 13.6. The van der Waals surface area contributed by atoms with Crippen molar-refractivity contribution in [3.8, 4) is 0 Å². The van der Waals surface area contributed by atoms with E-state index in [2.05, 4.69) is 0 Å². The number of halogens is 3. The molecule has 0 fully saturated rings. The lowest BCUT2D eigenvalue weighted by molar-refractivity contribution is -0.141. The lowest BCUT2D eigenvalue weighted by atomic mass is 9.92. The van der Waals surface area contributed by atoms with Crippen molar-refractivity contribution in [3.63, 3.8) is 0 Å². The summed E-state index contributed by atoms with van der Waals surface area (Å²) in [5.41, 5.74) is 0.866. The van der Waals surface area contributed by atoms with Crippen LogP contribution >= 0.6 is 11.6 Å². The quantitative estimate of drug-likeness (QED) is 0.902. The molecule has 1 unspecified atom stereocenters. The topological polar surface area (TPSA) is 37.3 Å². The predicted octanol–water partition coefficient (Wildman–Crippen LogP) is 4.10. The van der Waals surface area contributed by atoms with Crippen LogP contribution < -0.4 is 0 Å². The van der Waals surface area contributed by atoms with Crippen LogP contribution in [0, 0.1) is 17.6 Å². The number of hydrogen-bond acceptors (Lipinski definition) is 1. The van der Waals surface area contributed by atoms with Crippen LogP contribution in [-0.4, -0.2) is 11.1 Å². The van der Waals surface area contributed by atoms with E-state index in [0.29, 0.717) is 10.6 Å². The van der Waals surface area contributed by atoms with Crippen molar-refractivity contribution in [1.82, 2.24) is 0 Å². The molecule has 0 saturated heterocycles. The summed E-state index contributed by atoms with van der Waals surface area (Å²) in [6.07, 6.45) is 0.165. The number of benzene rings is 2. The van der Waals surface area contributed by atoms with Crippen LogP contribution in [0.5, 0.6) is 0 Å². The molecule has 0 aliphatic rings. The molecule has 2 aromatic carbocycles. The van der Waals surface area contributed by atoms with Gasteiger partial charge in [-0.1, -0.05) is 35.9 Å². The third kappa shape index (κ3) is 4.02. The molecule has 5 heteroatoms. The third-order valence-corrected chi connectivity index (χ3v) is 3.62. The minimum absolute atomic E-state index is 0.0212. The highest BCUT2D eigenvalue weighted by Gasteiger charge is 2.21. The summed E-state index contributed by atoms with van der Waals surface area (Å²) in [5, 5.41) is 9.77. The molecular weight excluding hydrogens is 298 g/mol. The number of hydrogen-bond donors (Lipinski definition) is 1. The fraction of sp³-hybridized carbons (Fsp3) is 0.188. The number of rotatable bonds is 5. The van der Waals surface area contributed by atoms with Gasteiger partial charge in [-0.15, -0.1) is 0 Å². The van der Waals surface area contributed by atoms with Gasteiger partial charge in [-0.05, 0) is 36.1 Å². The van der Waals surface area contributed by atoms with Crippen molar-refractivity contribution >= 4 is 17.6 Å². The van der Waals surface area contributed by atoms with Gasteiger partial charge in [0.25, 0.3) is 0 Å². The second-order valence-electron chi connectivity index (χ2n) is 4.77. The van der Waals surface area contributed by atoms with Crippen LogP contribution in [0.4, 0.5) is 8.78 Å². The van der Waals surface area contributed by atoms with Gasteiger partial charge in [-0.25, -0.2) is 8.78 Å². The lowest BCUT2D eigenvalue weighted by Crippen LogP contribution is -2.20. The molecule has 2 aromatic rings. The van der Waals surface area contributed by atoms with Crippen LogP contribution in [0.25, 0.3) is 0 Å². The second-order valence-corrected chi connectivity index (χ2v) is 5.18. The van der Waals surface area contributed by atoms with E-state index in [1.165, 1.54) is 6.07 Å². The summed E-state index contributed by atoms with van der Waals surface area (Å²) < 4.78 is 26.5. The Hall–Kier alpha value is -1.94. The molecule has 21 heavy (non-hydrogen) atoms. The molecule has 0 heterocycles. The van der Waals surface area contributed by atoms with Crippen molar-refractivity contribution in [3.05, 3.63) is 70.2 Å². The average molecular weight is 311 g/mol. The van der Waals surface area contributed by atoms with Crippen molar-refractivity contribution in [2.45, 2.75) is 12.8 Å². The van der Waals surface area contributed by atoms with E-state index in [-0.39, 0.29) is 18.4 Å². The van der Waals surface area contributed by atoms with Gasteiger partial charge >= 0.3 is 5.97 Å². The highest BCUT2D eigenvalue weighted by atomic mass is 35.5. The Balaban J connectivity index is 2.20. The van der Waals surface area contributed by atoms with Gasteiger partial charge in [0, 0.05) is 11.1 Å². The van der Waals surface area contributed by atoms with Crippen LogP contribution in [0.3, 0.4) is 0 Å². The molecule has 1 N–H and O–H groups in total. The Bertz CT molecular complexity index is 658. The standard InChI is InChI=1S/C16H13ClF2O2/c17-14-4-2-1-3-10(14)7-12(16(20)21)8-11-5-6-13(18)9-15(11)19/h1-6,9,12H,7-8H2,(H,20,21). The molecular formula is C16H13ClF2O2. The van der Waals surface area contributed by atoms with E-state index in [9.17, 15) is 18.7 Å². The van der Waals surface area contributed by atoms with E-state index in [1.54, 1.807) is 24.3 Å². The molecule has 0 amide bonds. The van der Waals surface area contributed by atoms with Crippen molar-refractivity contribution in [2.24, 2.45) is 5.92 Å². The zero-order chi connectivity index (χ0) is 15.4. The number of carboxylic acids is 1. The molecule has 1 atom stereocenters. The Morgan fingerprint density at radius 1 is 1.10 bits per heavy atom. The predicted molar refractivity (Wildman–Crippen MR) is 76.3 cm³/mol. The van der Waals surface area contributed by atoms with Gasteiger partial charge in [-0.3, -0.25) is 4.79 Å². The van der Waals surface area contributed by atoms with Crippen LogP contribution in [0.2, 0.25) is 5.02 Å². The fourth-order valence-electron chi connectivity index (χ4n) is 2.13.